The summed E-state index contributed by atoms with van der Waals surface area (Å²) in [5.74, 6) is 0.713. The highest BCUT2D eigenvalue weighted by atomic mass is 32.1. The van der Waals surface area contributed by atoms with Gasteiger partial charge in [-0.05, 0) is 30.0 Å². The molecule has 2 amide bonds. The molecular weight excluding hydrogens is 412 g/mol. The largest absolute Gasteiger partial charge is 0.355 e. The van der Waals surface area contributed by atoms with Crippen LogP contribution in [0.1, 0.15) is 24.0 Å². The lowest BCUT2D eigenvalue weighted by molar-refractivity contribution is -0.122. The Morgan fingerprint density at radius 3 is 2.52 bits per heavy atom. The molecule has 0 bridgehead atoms. The number of amides is 2. The summed E-state index contributed by atoms with van der Waals surface area (Å²) in [7, 11) is 0. The zero-order chi connectivity index (χ0) is 21.6. The van der Waals surface area contributed by atoms with Crippen LogP contribution in [0.5, 0.6) is 0 Å². The van der Waals surface area contributed by atoms with Gasteiger partial charge >= 0.3 is 0 Å². The van der Waals surface area contributed by atoms with Gasteiger partial charge in [-0.2, -0.15) is 0 Å². The highest BCUT2D eigenvalue weighted by Gasteiger charge is 2.27. The van der Waals surface area contributed by atoms with Gasteiger partial charge in [-0.1, -0.05) is 31.2 Å². The number of nitrogens with one attached hydrogen (secondary N) is 1. The van der Waals surface area contributed by atoms with Crippen LogP contribution in [0.3, 0.4) is 0 Å². The van der Waals surface area contributed by atoms with Crippen LogP contribution >= 0.6 is 11.3 Å². The van der Waals surface area contributed by atoms with Gasteiger partial charge in [-0.3, -0.25) is 14.5 Å². The minimum absolute atomic E-state index is 0.0329. The van der Waals surface area contributed by atoms with Crippen molar-refractivity contribution in [1.29, 1.82) is 0 Å². The van der Waals surface area contributed by atoms with Crippen LogP contribution in [0.15, 0.2) is 47.8 Å². The molecule has 4 rings (SSSR count). The second-order valence-corrected chi connectivity index (χ2v) is 8.35. The third kappa shape index (κ3) is 5.00. The van der Waals surface area contributed by atoms with Gasteiger partial charge in [0.15, 0.2) is 5.82 Å². The maximum atomic E-state index is 13.1. The molecule has 3 heterocycles. The molecule has 1 saturated heterocycles. The van der Waals surface area contributed by atoms with E-state index in [0.717, 1.165) is 17.0 Å². The van der Waals surface area contributed by atoms with Crippen molar-refractivity contribution in [2.75, 3.05) is 39.3 Å². The summed E-state index contributed by atoms with van der Waals surface area (Å²) in [6.45, 7) is 5.50. The summed E-state index contributed by atoms with van der Waals surface area (Å²) in [6.07, 6.45) is 0.921. The molecule has 1 fully saturated rings. The second kappa shape index (κ2) is 9.84. The van der Waals surface area contributed by atoms with Crippen molar-refractivity contribution in [2.45, 2.75) is 13.3 Å². The molecule has 162 valence electrons. The van der Waals surface area contributed by atoms with E-state index in [2.05, 4.69) is 20.3 Å². The summed E-state index contributed by atoms with van der Waals surface area (Å²) in [6, 6.07) is 13.6. The Balaban J connectivity index is 1.47. The van der Waals surface area contributed by atoms with Crippen molar-refractivity contribution in [1.82, 2.24) is 29.9 Å². The third-order valence-corrected chi connectivity index (χ3v) is 6.01. The number of carbonyl (C=O) groups excluding carboxylic acids is 2. The van der Waals surface area contributed by atoms with Gasteiger partial charge in [0.1, 0.15) is 0 Å². The minimum Gasteiger partial charge on any atom is -0.355 e. The van der Waals surface area contributed by atoms with Gasteiger partial charge in [0, 0.05) is 32.7 Å². The van der Waals surface area contributed by atoms with Crippen LogP contribution in [-0.2, 0) is 4.79 Å². The van der Waals surface area contributed by atoms with Gasteiger partial charge in [-0.15, -0.1) is 16.4 Å². The molecule has 0 aliphatic carbocycles. The van der Waals surface area contributed by atoms with E-state index in [1.54, 1.807) is 20.9 Å². The summed E-state index contributed by atoms with van der Waals surface area (Å²) in [5.41, 5.74) is 0.861. The maximum absolute atomic E-state index is 13.1. The number of nitrogens with zero attached hydrogens (tertiary/aromatic N) is 5. The van der Waals surface area contributed by atoms with E-state index in [-0.39, 0.29) is 17.6 Å². The number of hydrogen-bond acceptors (Lipinski definition) is 6. The van der Waals surface area contributed by atoms with Crippen LogP contribution in [0, 0.1) is 0 Å². The number of rotatable bonds is 7. The second-order valence-electron chi connectivity index (χ2n) is 7.40. The van der Waals surface area contributed by atoms with Crippen LogP contribution in [0.4, 0.5) is 0 Å². The van der Waals surface area contributed by atoms with E-state index >= 15 is 0 Å². The number of para-hydroxylation sites is 1. The Morgan fingerprint density at radius 1 is 1.06 bits per heavy atom. The van der Waals surface area contributed by atoms with Crippen LogP contribution in [0.25, 0.3) is 16.4 Å². The molecule has 0 saturated carbocycles. The molecule has 3 aromatic rings. The SMILES string of the molecule is CCCNC(=O)CN1CCN(C(=O)c2nc(-c3cccs3)n(-c3ccccc3)n2)CC1. The Labute approximate surface area is 185 Å². The molecule has 0 spiro atoms. The van der Waals surface area contributed by atoms with Crippen molar-refractivity contribution in [3.8, 4) is 16.4 Å². The van der Waals surface area contributed by atoms with Gasteiger partial charge in [0.2, 0.25) is 11.7 Å². The van der Waals surface area contributed by atoms with Crippen molar-refractivity contribution in [2.24, 2.45) is 0 Å². The molecule has 31 heavy (non-hydrogen) atoms. The Bertz CT molecular complexity index is 1010. The summed E-state index contributed by atoms with van der Waals surface area (Å²) in [5, 5.41) is 9.43. The topological polar surface area (TPSA) is 83.4 Å². The lowest BCUT2D eigenvalue weighted by Crippen LogP contribution is -2.51. The quantitative estimate of drug-likeness (QED) is 0.612. The van der Waals surface area contributed by atoms with E-state index < -0.39 is 0 Å². The molecular formula is C22H26N6O2S. The fourth-order valence-electron chi connectivity index (χ4n) is 3.49. The van der Waals surface area contributed by atoms with E-state index in [4.69, 9.17) is 0 Å². The van der Waals surface area contributed by atoms with Gasteiger partial charge in [0.05, 0.1) is 17.1 Å². The van der Waals surface area contributed by atoms with Crippen molar-refractivity contribution < 1.29 is 9.59 Å². The number of hydrogen-bond donors (Lipinski definition) is 1. The molecule has 1 aromatic carbocycles. The molecule has 8 nitrogen and oxygen atoms in total. The maximum Gasteiger partial charge on any atom is 0.293 e. The van der Waals surface area contributed by atoms with Crippen LogP contribution in [-0.4, -0.2) is 75.6 Å². The lowest BCUT2D eigenvalue weighted by Gasteiger charge is -2.33. The van der Waals surface area contributed by atoms with Gasteiger partial charge in [-0.25, -0.2) is 9.67 Å². The highest BCUT2D eigenvalue weighted by Crippen LogP contribution is 2.26. The summed E-state index contributed by atoms with van der Waals surface area (Å²) in [4.78, 5) is 34.5. The number of benzene rings is 1. The van der Waals surface area contributed by atoms with Gasteiger partial charge in [0.25, 0.3) is 5.91 Å². The fraction of sp³-hybridized carbons (Fsp3) is 0.364. The Hall–Kier alpha value is -3.04. The van der Waals surface area contributed by atoms with Crippen molar-refractivity contribution in [3.05, 3.63) is 53.7 Å². The van der Waals surface area contributed by atoms with E-state index in [9.17, 15) is 9.59 Å². The monoisotopic (exact) mass is 438 g/mol. The zero-order valence-electron chi connectivity index (χ0n) is 17.5. The van der Waals surface area contributed by atoms with Crippen molar-refractivity contribution >= 4 is 23.2 Å². The first-order chi connectivity index (χ1) is 15.2. The van der Waals surface area contributed by atoms with Crippen LogP contribution < -0.4 is 5.32 Å². The smallest absolute Gasteiger partial charge is 0.293 e. The molecule has 1 aliphatic heterocycles. The molecule has 0 unspecified atom stereocenters. The fourth-order valence-corrected chi connectivity index (χ4v) is 4.19. The number of thiophene rings is 1. The zero-order valence-corrected chi connectivity index (χ0v) is 18.3. The molecule has 1 N–H and O–H groups in total. The first kappa shape index (κ1) is 21.2. The minimum atomic E-state index is -0.178. The third-order valence-electron chi connectivity index (χ3n) is 5.14. The number of aromatic nitrogens is 3. The lowest BCUT2D eigenvalue weighted by atomic mass is 10.3. The van der Waals surface area contributed by atoms with E-state index in [0.29, 0.717) is 45.1 Å². The normalized spacial score (nSPS) is 14.5. The van der Waals surface area contributed by atoms with Crippen LogP contribution in [0.2, 0.25) is 0 Å². The Morgan fingerprint density at radius 2 is 1.84 bits per heavy atom. The standard InChI is InChI=1S/C22H26N6O2S/c1-2-10-23-19(29)16-26-11-13-27(14-12-26)22(30)20-24-21(18-9-6-15-31-18)28(25-20)17-7-4-3-5-8-17/h3-9,15H,2,10-14,16H2,1H3,(H,23,29). The van der Waals surface area contributed by atoms with Crippen molar-refractivity contribution in [3.63, 3.8) is 0 Å². The summed E-state index contributed by atoms with van der Waals surface area (Å²) >= 11 is 1.56. The molecule has 1 aliphatic rings. The predicted molar refractivity (Wildman–Crippen MR) is 120 cm³/mol. The first-order valence-electron chi connectivity index (χ1n) is 10.5. The molecule has 0 radical (unpaired) electrons. The average molecular weight is 439 g/mol. The first-order valence-corrected chi connectivity index (χ1v) is 11.4. The Kier molecular flexibility index (Phi) is 6.73. The number of piperazine rings is 1. The molecule has 0 atom stereocenters. The number of carbonyl (C=O) groups is 2. The molecule has 2 aromatic heterocycles. The average Bonchev–Trinajstić information content (AvgIpc) is 3.48. The van der Waals surface area contributed by atoms with E-state index in [1.807, 2.05) is 54.8 Å². The molecule has 9 heteroatoms. The highest BCUT2D eigenvalue weighted by molar-refractivity contribution is 7.13. The van der Waals surface area contributed by atoms with Gasteiger partial charge < -0.3 is 10.2 Å². The van der Waals surface area contributed by atoms with E-state index in [1.165, 1.54) is 0 Å². The summed E-state index contributed by atoms with van der Waals surface area (Å²) < 4.78 is 1.73. The predicted octanol–water partition coefficient (Wildman–Crippen LogP) is 2.28.